The van der Waals surface area contributed by atoms with E-state index in [9.17, 15) is 9.18 Å². The lowest BCUT2D eigenvalue weighted by Gasteiger charge is -1.98. The SMILES string of the molecule is O=C(O)c1ccc2[nH]nc(-c3ncc(-c4ccc(F)cc4)[nH]3)c2c1. The lowest BCUT2D eigenvalue weighted by molar-refractivity contribution is 0.0697. The molecule has 0 saturated heterocycles. The van der Waals surface area contributed by atoms with Gasteiger partial charge >= 0.3 is 5.97 Å². The topological polar surface area (TPSA) is 94.7 Å². The molecule has 6 nitrogen and oxygen atoms in total. The fourth-order valence-electron chi connectivity index (χ4n) is 2.55. The van der Waals surface area contributed by atoms with Gasteiger partial charge in [0.1, 0.15) is 11.5 Å². The van der Waals surface area contributed by atoms with E-state index in [0.29, 0.717) is 16.9 Å². The molecule has 0 bridgehead atoms. The Morgan fingerprint density at radius 2 is 1.92 bits per heavy atom. The molecule has 2 aromatic heterocycles. The van der Waals surface area contributed by atoms with Gasteiger partial charge in [0.05, 0.1) is 23.0 Å². The van der Waals surface area contributed by atoms with Crippen LogP contribution in [0.4, 0.5) is 4.39 Å². The van der Waals surface area contributed by atoms with Crippen LogP contribution in [0.2, 0.25) is 0 Å². The molecule has 0 radical (unpaired) electrons. The maximum atomic E-state index is 13.0. The minimum Gasteiger partial charge on any atom is -0.478 e. The second kappa shape index (κ2) is 5.31. The summed E-state index contributed by atoms with van der Waals surface area (Å²) < 4.78 is 13.0. The van der Waals surface area contributed by atoms with E-state index >= 15 is 0 Å². The van der Waals surface area contributed by atoms with E-state index in [0.717, 1.165) is 16.8 Å². The van der Waals surface area contributed by atoms with E-state index in [1.807, 2.05) is 0 Å². The Bertz CT molecular complexity index is 1050. The molecule has 0 aliphatic heterocycles. The molecular formula is C17H11FN4O2. The molecule has 0 unspecified atom stereocenters. The molecule has 4 aromatic rings. The van der Waals surface area contributed by atoms with E-state index in [2.05, 4.69) is 20.2 Å². The van der Waals surface area contributed by atoms with E-state index in [1.165, 1.54) is 18.2 Å². The van der Waals surface area contributed by atoms with Gasteiger partial charge in [0.15, 0.2) is 5.82 Å². The number of aromatic amines is 2. The molecule has 24 heavy (non-hydrogen) atoms. The smallest absolute Gasteiger partial charge is 0.335 e. The summed E-state index contributed by atoms with van der Waals surface area (Å²) in [6, 6.07) is 10.8. The van der Waals surface area contributed by atoms with Gasteiger partial charge in [-0.15, -0.1) is 0 Å². The van der Waals surface area contributed by atoms with E-state index in [1.54, 1.807) is 30.5 Å². The Morgan fingerprint density at radius 3 is 2.67 bits per heavy atom. The van der Waals surface area contributed by atoms with Crippen LogP contribution in [0.5, 0.6) is 0 Å². The Kier molecular flexibility index (Phi) is 3.13. The summed E-state index contributed by atoms with van der Waals surface area (Å²) in [5, 5.41) is 16.9. The van der Waals surface area contributed by atoms with E-state index < -0.39 is 5.97 Å². The summed E-state index contributed by atoms with van der Waals surface area (Å²) >= 11 is 0. The van der Waals surface area contributed by atoms with Crippen molar-refractivity contribution in [2.24, 2.45) is 0 Å². The predicted molar refractivity (Wildman–Crippen MR) is 86.0 cm³/mol. The number of carboxylic acids is 1. The maximum Gasteiger partial charge on any atom is 0.335 e. The number of halogens is 1. The van der Waals surface area contributed by atoms with Crippen molar-refractivity contribution in [1.29, 1.82) is 0 Å². The average molecular weight is 322 g/mol. The quantitative estimate of drug-likeness (QED) is 0.538. The van der Waals surface area contributed by atoms with Gasteiger partial charge in [0, 0.05) is 5.39 Å². The molecule has 118 valence electrons. The highest BCUT2D eigenvalue weighted by molar-refractivity contribution is 5.98. The van der Waals surface area contributed by atoms with Gasteiger partial charge in [-0.2, -0.15) is 5.10 Å². The highest BCUT2D eigenvalue weighted by Crippen LogP contribution is 2.27. The second-order valence-electron chi connectivity index (χ2n) is 5.29. The molecule has 0 spiro atoms. The zero-order chi connectivity index (χ0) is 16.7. The van der Waals surface area contributed by atoms with Crippen LogP contribution in [0.15, 0.2) is 48.7 Å². The number of aromatic carboxylic acids is 1. The molecule has 2 heterocycles. The van der Waals surface area contributed by atoms with Crippen molar-refractivity contribution in [2.45, 2.75) is 0 Å². The van der Waals surface area contributed by atoms with Crippen LogP contribution >= 0.6 is 0 Å². The van der Waals surface area contributed by atoms with E-state index in [-0.39, 0.29) is 11.4 Å². The minimum absolute atomic E-state index is 0.176. The van der Waals surface area contributed by atoms with Crippen molar-refractivity contribution in [3.63, 3.8) is 0 Å². The molecule has 0 saturated carbocycles. The van der Waals surface area contributed by atoms with Crippen molar-refractivity contribution in [2.75, 3.05) is 0 Å². The Hall–Kier alpha value is -3.48. The second-order valence-corrected chi connectivity index (χ2v) is 5.29. The summed E-state index contributed by atoms with van der Waals surface area (Å²) in [4.78, 5) is 18.6. The van der Waals surface area contributed by atoms with Gasteiger partial charge in [-0.25, -0.2) is 14.2 Å². The highest BCUT2D eigenvalue weighted by Gasteiger charge is 2.14. The number of imidazole rings is 1. The predicted octanol–water partition coefficient (Wildman–Crippen LogP) is 3.46. The van der Waals surface area contributed by atoms with Gasteiger partial charge in [-0.1, -0.05) is 0 Å². The zero-order valence-corrected chi connectivity index (χ0v) is 12.2. The number of fused-ring (bicyclic) bond motifs is 1. The molecule has 0 fully saturated rings. The lowest BCUT2D eigenvalue weighted by Crippen LogP contribution is -1.95. The summed E-state index contributed by atoms with van der Waals surface area (Å²) in [6.45, 7) is 0. The molecular weight excluding hydrogens is 311 g/mol. The third-order valence-electron chi connectivity index (χ3n) is 3.77. The Labute approximate surface area is 135 Å². The minimum atomic E-state index is -1.00. The van der Waals surface area contributed by atoms with Crippen molar-refractivity contribution in [3.8, 4) is 22.8 Å². The standard InChI is InChI=1S/C17H11FN4O2/c18-11-4-1-9(2-5-11)14-8-19-16(20-14)15-12-7-10(17(23)24)3-6-13(12)21-22-15/h1-8H,(H,19,20)(H,21,22)(H,23,24). The number of nitrogens with one attached hydrogen (secondary N) is 2. The van der Waals surface area contributed by atoms with Crippen LogP contribution in [0, 0.1) is 5.82 Å². The molecule has 3 N–H and O–H groups in total. The summed E-state index contributed by atoms with van der Waals surface area (Å²) in [5.74, 6) is -0.809. The number of aromatic nitrogens is 4. The van der Waals surface area contributed by atoms with Gasteiger partial charge in [-0.05, 0) is 48.0 Å². The number of H-pyrrole nitrogens is 2. The zero-order valence-electron chi connectivity index (χ0n) is 12.2. The normalized spacial score (nSPS) is 11.0. The van der Waals surface area contributed by atoms with Crippen LogP contribution in [0.3, 0.4) is 0 Å². The van der Waals surface area contributed by atoms with Crippen LogP contribution in [0.25, 0.3) is 33.7 Å². The fraction of sp³-hybridized carbons (Fsp3) is 0. The molecule has 0 aliphatic rings. The third kappa shape index (κ3) is 2.32. The lowest BCUT2D eigenvalue weighted by atomic mass is 10.1. The van der Waals surface area contributed by atoms with Crippen LogP contribution in [0.1, 0.15) is 10.4 Å². The van der Waals surface area contributed by atoms with Crippen molar-refractivity contribution in [1.82, 2.24) is 20.2 Å². The first-order valence-electron chi connectivity index (χ1n) is 7.14. The average Bonchev–Trinajstić information content (AvgIpc) is 3.21. The van der Waals surface area contributed by atoms with Crippen molar-refractivity contribution < 1.29 is 14.3 Å². The van der Waals surface area contributed by atoms with Crippen LogP contribution in [-0.4, -0.2) is 31.2 Å². The van der Waals surface area contributed by atoms with Crippen molar-refractivity contribution >= 4 is 16.9 Å². The Morgan fingerprint density at radius 1 is 1.12 bits per heavy atom. The molecule has 2 aromatic carbocycles. The number of benzene rings is 2. The molecule has 0 amide bonds. The van der Waals surface area contributed by atoms with Crippen molar-refractivity contribution in [3.05, 3.63) is 60.0 Å². The number of carbonyl (C=O) groups is 1. The number of hydrogen-bond acceptors (Lipinski definition) is 3. The van der Waals surface area contributed by atoms with Crippen LogP contribution < -0.4 is 0 Å². The summed E-state index contributed by atoms with van der Waals surface area (Å²) in [5.41, 5.74) is 2.93. The van der Waals surface area contributed by atoms with Gasteiger partial charge in [0.2, 0.25) is 0 Å². The summed E-state index contributed by atoms with van der Waals surface area (Å²) in [6.07, 6.45) is 1.63. The van der Waals surface area contributed by atoms with Gasteiger partial charge in [-0.3, -0.25) is 5.10 Å². The molecule has 4 rings (SSSR count). The van der Waals surface area contributed by atoms with Gasteiger partial charge in [0.25, 0.3) is 0 Å². The largest absolute Gasteiger partial charge is 0.478 e. The highest BCUT2D eigenvalue weighted by atomic mass is 19.1. The monoisotopic (exact) mass is 322 g/mol. The first-order valence-corrected chi connectivity index (χ1v) is 7.14. The number of hydrogen-bond donors (Lipinski definition) is 3. The number of carboxylic acid groups (broad SMARTS) is 1. The molecule has 7 heteroatoms. The van der Waals surface area contributed by atoms with Gasteiger partial charge < -0.3 is 10.1 Å². The Balaban J connectivity index is 1.79. The first-order chi connectivity index (χ1) is 11.6. The van der Waals surface area contributed by atoms with Crippen LogP contribution in [-0.2, 0) is 0 Å². The third-order valence-corrected chi connectivity index (χ3v) is 3.77. The summed E-state index contributed by atoms with van der Waals surface area (Å²) in [7, 11) is 0. The number of rotatable bonds is 3. The number of nitrogens with zero attached hydrogens (tertiary/aromatic N) is 2. The van der Waals surface area contributed by atoms with E-state index in [4.69, 9.17) is 5.11 Å². The molecule has 0 atom stereocenters. The maximum absolute atomic E-state index is 13.0. The molecule has 0 aliphatic carbocycles. The fourth-order valence-corrected chi connectivity index (χ4v) is 2.55. The first kappa shape index (κ1) is 14.1.